The Morgan fingerprint density at radius 2 is 2.06 bits per heavy atom. The highest BCUT2D eigenvalue weighted by Gasteiger charge is 2.05. The summed E-state index contributed by atoms with van der Waals surface area (Å²) >= 11 is 4.93. The van der Waals surface area contributed by atoms with Crippen LogP contribution in [-0.2, 0) is 0 Å². The van der Waals surface area contributed by atoms with Crippen LogP contribution in [0.3, 0.4) is 0 Å². The van der Waals surface area contributed by atoms with Gasteiger partial charge in [0.25, 0.3) is 0 Å². The van der Waals surface area contributed by atoms with Gasteiger partial charge in [-0.1, -0.05) is 24.4 Å². The van der Waals surface area contributed by atoms with E-state index in [0.29, 0.717) is 10.9 Å². The highest BCUT2D eigenvalue weighted by molar-refractivity contribution is 7.80. The van der Waals surface area contributed by atoms with Crippen molar-refractivity contribution in [1.82, 2.24) is 4.98 Å². The molecule has 2 rings (SSSR count). The average molecular weight is 258 g/mol. The Balaban J connectivity index is 2.31. The Kier molecular flexibility index (Phi) is 3.58. The zero-order chi connectivity index (χ0) is 13.1. The van der Waals surface area contributed by atoms with E-state index >= 15 is 0 Å². The maximum absolute atomic E-state index is 5.75. The summed E-state index contributed by atoms with van der Waals surface area (Å²) in [6, 6.07) is 9.41. The quantitative estimate of drug-likeness (QED) is 0.859. The van der Waals surface area contributed by atoms with Gasteiger partial charge in [-0.25, -0.2) is 4.98 Å². The van der Waals surface area contributed by atoms with Crippen LogP contribution in [0.2, 0.25) is 0 Å². The fourth-order valence-corrected chi connectivity index (χ4v) is 1.69. The van der Waals surface area contributed by atoms with E-state index in [4.69, 9.17) is 22.7 Å². The number of hydrogen-bond acceptors (Lipinski definition) is 3. The molecular weight excluding hydrogens is 244 g/mol. The molecule has 0 bridgehead atoms. The zero-order valence-corrected chi connectivity index (χ0v) is 11.1. The smallest absolute Gasteiger partial charge is 0.219 e. The standard InChI is InChI=1S/C14H14N2OS/c1-9-4-3-5-12(10(9)2)17-13-8-11(14(15)18)6-7-16-13/h3-8H,1-2H3,(H2,15,18). The van der Waals surface area contributed by atoms with Crippen molar-refractivity contribution >= 4 is 17.2 Å². The number of aromatic nitrogens is 1. The van der Waals surface area contributed by atoms with E-state index in [1.807, 2.05) is 32.0 Å². The molecule has 0 radical (unpaired) electrons. The molecule has 0 unspecified atom stereocenters. The van der Waals surface area contributed by atoms with E-state index < -0.39 is 0 Å². The molecule has 0 aliphatic carbocycles. The number of aryl methyl sites for hydroxylation is 1. The van der Waals surface area contributed by atoms with Gasteiger partial charge in [0, 0.05) is 17.8 Å². The van der Waals surface area contributed by atoms with Gasteiger partial charge in [-0.15, -0.1) is 0 Å². The molecule has 0 aliphatic heterocycles. The molecule has 1 heterocycles. The summed E-state index contributed by atoms with van der Waals surface area (Å²) in [5.41, 5.74) is 8.60. The van der Waals surface area contributed by atoms with Crippen molar-refractivity contribution in [3.8, 4) is 11.6 Å². The van der Waals surface area contributed by atoms with Crippen molar-refractivity contribution in [2.24, 2.45) is 5.73 Å². The molecule has 4 heteroatoms. The van der Waals surface area contributed by atoms with Crippen molar-refractivity contribution in [1.29, 1.82) is 0 Å². The molecule has 92 valence electrons. The van der Waals surface area contributed by atoms with E-state index in [1.54, 1.807) is 18.3 Å². The van der Waals surface area contributed by atoms with Gasteiger partial charge in [0.15, 0.2) is 0 Å². The second-order valence-corrected chi connectivity index (χ2v) is 4.49. The summed E-state index contributed by atoms with van der Waals surface area (Å²) in [6.45, 7) is 4.06. The number of nitrogens with two attached hydrogens (primary N) is 1. The summed E-state index contributed by atoms with van der Waals surface area (Å²) < 4.78 is 5.75. The molecule has 0 aliphatic rings. The number of pyridine rings is 1. The first-order chi connectivity index (χ1) is 8.58. The molecule has 18 heavy (non-hydrogen) atoms. The van der Waals surface area contributed by atoms with Crippen LogP contribution in [0.4, 0.5) is 0 Å². The molecular formula is C14H14N2OS. The molecule has 0 fully saturated rings. The number of rotatable bonds is 3. The predicted octanol–water partition coefficient (Wildman–Crippen LogP) is 3.12. The SMILES string of the molecule is Cc1cccc(Oc2cc(C(N)=S)ccn2)c1C. The minimum absolute atomic E-state index is 0.336. The maximum atomic E-state index is 5.75. The lowest BCUT2D eigenvalue weighted by Crippen LogP contribution is -2.09. The maximum Gasteiger partial charge on any atom is 0.219 e. The van der Waals surface area contributed by atoms with E-state index in [-0.39, 0.29) is 0 Å². The summed E-state index contributed by atoms with van der Waals surface area (Å²) in [6.07, 6.45) is 1.63. The van der Waals surface area contributed by atoms with Gasteiger partial charge in [0.2, 0.25) is 5.88 Å². The zero-order valence-electron chi connectivity index (χ0n) is 10.3. The molecule has 2 aromatic rings. The first-order valence-corrected chi connectivity index (χ1v) is 5.98. The lowest BCUT2D eigenvalue weighted by Gasteiger charge is -2.10. The number of nitrogens with zero attached hydrogens (tertiary/aromatic N) is 1. The Labute approximate surface area is 112 Å². The monoisotopic (exact) mass is 258 g/mol. The van der Waals surface area contributed by atoms with Crippen molar-refractivity contribution in [2.75, 3.05) is 0 Å². The van der Waals surface area contributed by atoms with Crippen LogP contribution >= 0.6 is 12.2 Å². The van der Waals surface area contributed by atoms with Crippen LogP contribution in [0.15, 0.2) is 36.5 Å². The van der Waals surface area contributed by atoms with Crippen molar-refractivity contribution < 1.29 is 4.74 Å². The van der Waals surface area contributed by atoms with E-state index in [9.17, 15) is 0 Å². The van der Waals surface area contributed by atoms with E-state index in [2.05, 4.69) is 4.98 Å². The minimum Gasteiger partial charge on any atom is -0.439 e. The first-order valence-electron chi connectivity index (χ1n) is 5.58. The van der Waals surface area contributed by atoms with Crippen molar-refractivity contribution in [2.45, 2.75) is 13.8 Å². The number of hydrogen-bond donors (Lipinski definition) is 1. The molecule has 3 nitrogen and oxygen atoms in total. The fraction of sp³-hybridized carbons (Fsp3) is 0.143. The highest BCUT2D eigenvalue weighted by atomic mass is 32.1. The summed E-state index contributed by atoms with van der Waals surface area (Å²) in [4.78, 5) is 4.49. The second-order valence-electron chi connectivity index (χ2n) is 4.05. The van der Waals surface area contributed by atoms with Crippen LogP contribution in [0, 0.1) is 13.8 Å². The number of ether oxygens (including phenoxy) is 1. The van der Waals surface area contributed by atoms with Gasteiger partial charge in [0.1, 0.15) is 10.7 Å². The van der Waals surface area contributed by atoms with Gasteiger partial charge in [0.05, 0.1) is 0 Å². The topological polar surface area (TPSA) is 48.1 Å². The third kappa shape index (κ3) is 2.65. The van der Waals surface area contributed by atoms with Gasteiger partial charge < -0.3 is 10.5 Å². The average Bonchev–Trinajstić information content (AvgIpc) is 2.35. The van der Waals surface area contributed by atoms with Crippen LogP contribution in [0.25, 0.3) is 0 Å². The highest BCUT2D eigenvalue weighted by Crippen LogP contribution is 2.25. The molecule has 0 atom stereocenters. The summed E-state index contributed by atoms with van der Waals surface area (Å²) in [7, 11) is 0. The first kappa shape index (κ1) is 12.5. The Hall–Kier alpha value is -1.94. The lowest BCUT2D eigenvalue weighted by atomic mass is 10.1. The number of benzene rings is 1. The molecule has 0 saturated carbocycles. The van der Waals surface area contributed by atoms with Crippen molar-refractivity contribution in [3.05, 3.63) is 53.2 Å². The van der Waals surface area contributed by atoms with Gasteiger partial charge >= 0.3 is 0 Å². The van der Waals surface area contributed by atoms with Gasteiger partial charge in [-0.3, -0.25) is 0 Å². The van der Waals surface area contributed by atoms with Crippen molar-refractivity contribution in [3.63, 3.8) is 0 Å². The summed E-state index contributed by atoms with van der Waals surface area (Å²) in [5.74, 6) is 1.29. The van der Waals surface area contributed by atoms with Crippen LogP contribution < -0.4 is 10.5 Å². The Morgan fingerprint density at radius 3 is 2.78 bits per heavy atom. The molecule has 2 N–H and O–H groups in total. The van der Waals surface area contributed by atoms with Gasteiger partial charge in [-0.2, -0.15) is 0 Å². The van der Waals surface area contributed by atoms with Crippen LogP contribution in [0.1, 0.15) is 16.7 Å². The van der Waals surface area contributed by atoms with E-state index in [0.717, 1.165) is 16.9 Å². The second kappa shape index (κ2) is 5.14. The predicted molar refractivity (Wildman–Crippen MR) is 76.1 cm³/mol. The molecule has 0 amide bonds. The lowest BCUT2D eigenvalue weighted by molar-refractivity contribution is 0.459. The minimum atomic E-state index is 0.336. The Bertz CT molecular complexity index is 596. The Morgan fingerprint density at radius 1 is 1.28 bits per heavy atom. The van der Waals surface area contributed by atoms with Gasteiger partial charge in [-0.05, 0) is 37.1 Å². The summed E-state index contributed by atoms with van der Waals surface area (Å²) in [5, 5.41) is 0. The molecule has 1 aromatic carbocycles. The third-order valence-electron chi connectivity index (χ3n) is 2.79. The largest absolute Gasteiger partial charge is 0.439 e. The molecule has 0 spiro atoms. The third-order valence-corrected chi connectivity index (χ3v) is 3.02. The molecule has 1 aromatic heterocycles. The van der Waals surface area contributed by atoms with Crippen LogP contribution in [-0.4, -0.2) is 9.97 Å². The van der Waals surface area contributed by atoms with E-state index in [1.165, 1.54) is 5.56 Å². The molecule has 0 saturated heterocycles. The fourth-order valence-electron chi connectivity index (χ4n) is 1.57. The van der Waals surface area contributed by atoms with Crippen LogP contribution in [0.5, 0.6) is 11.6 Å². The normalized spacial score (nSPS) is 10.1. The number of thiocarbonyl (C=S) groups is 1.